The number of halogens is 1. The standard InChI is InChI=1S/C20H21FN4S/c1-14-12-22-20(26-14)24-19-10-4-8-17(23-19)18-9-5-11-25(18)13-15-6-2-3-7-16(15)21/h2-4,6-8,10,12,18H,5,9,11,13H2,1H3,(H,22,23,24)/t18-/m1/s1. The summed E-state index contributed by atoms with van der Waals surface area (Å²) in [6.07, 6.45) is 4.00. The molecule has 6 heteroatoms. The second-order valence-electron chi connectivity index (χ2n) is 6.57. The topological polar surface area (TPSA) is 41.1 Å². The Balaban J connectivity index is 1.52. The van der Waals surface area contributed by atoms with Crippen LogP contribution in [0.1, 0.15) is 35.0 Å². The minimum absolute atomic E-state index is 0.138. The van der Waals surface area contributed by atoms with Crippen LogP contribution in [0, 0.1) is 12.7 Å². The molecule has 0 saturated carbocycles. The van der Waals surface area contributed by atoms with Crippen molar-refractivity contribution < 1.29 is 4.39 Å². The largest absolute Gasteiger partial charge is 0.316 e. The number of pyridine rings is 1. The Kier molecular flexibility index (Phi) is 4.95. The lowest BCUT2D eigenvalue weighted by molar-refractivity contribution is 0.241. The molecule has 1 atom stereocenters. The van der Waals surface area contributed by atoms with E-state index in [1.165, 1.54) is 6.07 Å². The summed E-state index contributed by atoms with van der Waals surface area (Å²) in [7, 11) is 0. The zero-order chi connectivity index (χ0) is 17.9. The van der Waals surface area contributed by atoms with Gasteiger partial charge in [-0.05, 0) is 44.5 Å². The second kappa shape index (κ2) is 7.51. The third-order valence-electron chi connectivity index (χ3n) is 4.66. The highest BCUT2D eigenvalue weighted by atomic mass is 32.1. The lowest BCUT2D eigenvalue weighted by atomic mass is 10.1. The highest BCUT2D eigenvalue weighted by molar-refractivity contribution is 7.15. The number of rotatable bonds is 5. The van der Waals surface area contributed by atoms with Crippen LogP contribution < -0.4 is 5.32 Å². The van der Waals surface area contributed by atoms with Gasteiger partial charge in [0.25, 0.3) is 0 Å². The number of nitrogens with zero attached hydrogens (tertiary/aromatic N) is 3. The van der Waals surface area contributed by atoms with Crippen LogP contribution >= 0.6 is 11.3 Å². The van der Waals surface area contributed by atoms with Crippen molar-refractivity contribution in [1.82, 2.24) is 14.9 Å². The Morgan fingerprint density at radius 2 is 2.12 bits per heavy atom. The molecule has 3 aromatic rings. The molecular formula is C20H21FN4S. The van der Waals surface area contributed by atoms with E-state index in [9.17, 15) is 4.39 Å². The molecular weight excluding hydrogens is 347 g/mol. The summed E-state index contributed by atoms with van der Waals surface area (Å²) in [5.41, 5.74) is 1.77. The summed E-state index contributed by atoms with van der Waals surface area (Å²) in [6.45, 7) is 3.61. The molecule has 0 unspecified atom stereocenters. The lowest BCUT2D eigenvalue weighted by Crippen LogP contribution is -2.24. The molecule has 1 saturated heterocycles. The van der Waals surface area contributed by atoms with E-state index in [2.05, 4.69) is 21.3 Å². The van der Waals surface area contributed by atoms with Gasteiger partial charge in [-0.3, -0.25) is 4.90 Å². The van der Waals surface area contributed by atoms with Crippen molar-refractivity contribution in [2.75, 3.05) is 11.9 Å². The summed E-state index contributed by atoms with van der Waals surface area (Å²) in [6, 6.07) is 13.3. The number of hydrogen-bond acceptors (Lipinski definition) is 5. The monoisotopic (exact) mass is 368 g/mol. The maximum absolute atomic E-state index is 14.0. The molecule has 1 aliphatic rings. The fourth-order valence-electron chi connectivity index (χ4n) is 3.42. The van der Waals surface area contributed by atoms with Crippen LogP contribution in [0.3, 0.4) is 0 Å². The van der Waals surface area contributed by atoms with Gasteiger partial charge >= 0.3 is 0 Å². The van der Waals surface area contributed by atoms with Crippen LogP contribution in [0.5, 0.6) is 0 Å². The van der Waals surface area contributed by atoms with Crippen LogP contribution in [-0.4, -0.2) is 21.4 Å². The third kappa shape index (κ3) is 3.76. The van der Waals surface area contributed by atoms with E-state index in [4.69, 9.17) is 4.98 Å². The predicted octanol–water partition coefficient (Wildman–Crippen LogP) is 5.07. The molecule has 1 aliphatic heterocycles. The molecule has 0 aliphatic carbocycles. The fourth-order valence-corrected chi connectivity index (χ4v) is 4.10. The van der Waals surface area contributed by atoms with E-state index in [0.717, 1.165) is 46.5 Å². The van der Waals surface area contributed by atoms with Crippen molar-refractivity contribution in [3.05, 3.63) is 70.6 Å². The number of aryl methyl sites for hydroxylation is 1. The lowest BCUT2D eigenvalue weighted by Gasteiger charge is -2.24. The van der Waals surface area contributed by atoms with Crippen molar-refractivity contribution in [1.29, 1.82) is 0 Å². The molecule has 0 amide bonds. The van der Waals surface area contributed by atoms with Gasteiger partial charge in [0.15, 0.2) is 5.13 Å². The number of likely N-dealkylation sites (tertiary alicyclic amines) is 1. The van der Waals surface area contributed by atoms with Crippen molar-refractivity contribution in [2.24, 2.45) is 0 Å². The highest BCUT2D eigenvalue weighted by Crippen LogP contribution is 2.33. The van der Waals surface area contributed by atoms with E-state index in [-0.39, 0.29) is 11.9 Å². The summed E-state index contributed by atoms with van der Waals surface area (Å²) in [4.78, 5) is 12.6. The van der Waals surface area contributed by atoms with Crippen LogP contribution in [0.2, 0.25) is 0 Å². The average molecular weight is 368 g/mol. The first-order valence-corrected chi connectivity index (χ1v) is 9.64. The smallest absolute Gasteiger partial charge is 0.188 e. The van der Waals surface area contributed by atoms with Crippen molar-refractivity contribution in [3.8, 4) is 0 Å². The number of thiazole rings is 1. The third-order valence-corrected chi connectivity index (χ3v) is 5.49. The van der Waals surface area contributed by atoms with E-state index >= 15 is 0 Å². The Morgan fingerprint density at radius 1 is 1.23 bits per heavy atom. The van der Waals surface area contributed by atoms with Gasteiger partial charge in [0, 0.05) is 23.2 Å². The summed E-state index contributed by atoms with van der Waals surface area (Å²) < 4.78 is 14.0. The summed E-state index contributed by atoms with van der Waals surface area (Å²) >= 11 is 1.61. The molecule has 3 heterocycles. The van der Waals surface area contributed by atoms with Gasteiger partial charge < -0.3 is 5.32 Å². The number of anilines is 2. The highest BCUT2D eigenvalue weighted by Gasteiger charge is 2.27. The Hall–Kier alpha value is -2.31. The number of aromatic nitrogens is 2. The Morgan fingerprint density at radius 3 is 2.92 bits per heavy atom. The maximum atomic E-state index is 14.0. The first-order valence-electron chi connectivity index (χ1n) is 8.83. The molecule has 2 aromatic heterocycles. The van der Waals surface area contributed by atoms with Crippen LogP contribution in [0.15, 0.2) is 48.7 Å². The maximum Gasteiger partial charge on any atom is 0.188 e. The second-order valence-corrected chi connectivity index (χ2v) is 7.80. The minimum Gasteiger partial charge on any atom is -0.316 e. The summed E-state index contributed by atoms with van der Waals surface area (Å²) in [5, 5.41) is 4.13. The number of hydrogen-bond donors (Lipinski definition) is 1. The minimum atomic E-state index is -0.138. The Labute approximate surface area is 156 Å². The molecule has 4 nitrogen and oxygen atoms in total. The molecule has 0 spiro atoms. The quantitative estimate of drug-likeness (QED) is 0.683. The zero-order valence-electron chi connectivity index (χ0n) is 14.7. The Bertz CT molecular complexity index is 895. The van der Waals surface area contributed by atoms with Crippen molar-refractivity contribution in [2.45, 2.75) is 32.4 Å². The van der Waals surface area contributed by atoms with Gasteiger partial charge in [-0.25, -0.2) is 14.4 Å². The van der Waals surface area contributed by atoms with Gasteiger partial charge in [0.2, 0.25) is 0 Å². The van der Waals surface area contributed by atoms with Crippen LogP contribution in [-0.2, 0) is 6.54 Å². The number of nitrogens with one attached hydrogen (secondary N) is 1. The molecule has 1 aromatic carbocycles. The summed E-state index contributed by atoms with van der Waals surface area (Å²) in [5.74, 6) is 0.662. The molecule has 1 N–H and O–H groups in total. The van der Waals surface area contributed by atoms with Crippen LogP contribution in [0.25, 0.3) is 0 Å². The average Bonchev–Trinajstić information content (AvgIpc) is 3.26. The van der Waals surface area contributed by atoms with E-state index in [0.29, 0.717) is 6.54 Å². The zero-order valence-corrected chi connectivity index (χ0v) is 15.5. The van der Waals surface area contributed by atoms with Crippen molar-refractivity contribution in [3.63, 3.8) is 0 Å². The first kappa shape index (κ1) is 17.1. The van der Waals surface area contributed by atoms with E-state index < -0.39 is 0 Å². The molecule has 26 heavy (non-hydrogen) atoms. The van der Waals surface area contributed by atoms with Gasteiger partial charge in [-0.2, -0.15) is 0 Å². The van der Waals surface area contributed by atoms with Gasteiger partial charge in [-0.15, -0.1) is 11.3 Å². The molecule has 0 bridgehead atoms. The van der Waals surface area contributed by atoms with Gasteiger partial charge in [0.1, 0.15) is 11.6 Å². The number of benzene rings is 1. The van der Waals surface area contributed by atoms with Crippen LogP contribution in [0.4, 0.5) is 15.3 Å². The molecule has 1 fully saturated rings. The fraction of sp³-hybridized carbons (Fsp3) is 0.300. The molecule has 4 rings (SSSR count). The predicted molar refractivity (Wildman–Crippen MR) is 103 cm³/mol. The van der Waals surface area contributed by atoms with Gasteiger partial charge in [0.05, 0.1) is 11.7 Å². The van der Waals surface area contributed by atoms with E-state index in [1.807, 2.05) is 37.4 Å². The molecule has 0 radical (unpaired) electrons. The van der Waals surface area contributed by atoms with Crippen molar-refractivity contribution >= 4 is 22.3 Å². The van der Waals surface area contributed by atoms with E-state index in [1.54, 1.807) is 17.4 Å². The molecule has 134 valence electrons. The normalized spacial score (nSPS) is 17.5. The first-order chi connectivity index (χ1) is 12.7. The van der Waals surface area contributed by atoms with Gasteiger partial charge in [-0.1, -0.05) is 24.3 Å². The SMILES string of the molecule is Cc1cnc(Nc2cccc([C@H]3CCCN3Cc3ccccc3F)n2)s1.